The van der Waals surface area contributed by atoms with Crippen molar-refractivity contribution in [2.24, 2.45) is 0 Å². The average Bonchev–Trinajstić information content (AvgIpc) is 2.78. The zero-order valence-electron chi connectivity index (χ0n) is 9.97. The summed E-state index contributed by atoms with van der Waals surface area (Å²) in [4.78, 5) is 0. The van der Waals surface area contributed by atoms with Crippen molar-refractivity contribution >= 4 is 0 Å². The molecule has 0 fully saturated rings. The third-order valence-corrected chi connectivity index (χ3v) is 2.73. The predicted molar refractivity (Wildman–Crippen MR) is 64.6 cm³/mol. The molecule has 17 heavy (non-hydrogen) atoms. The summed E-state index contributed by atoms with van der Waals surface area (Å²) in [5.74, 6) is 1.10. The van der Waals surface area contributed by atoms with Crippen molar-refractivity contribution in [1.29, 1.82) is 0 Å². The molecule has 4 nitrogen and oxygen atoms in total. The molecule has 1 aromatic heterocycles. The minimum Gasteiger partial charge on any atom is -0.508 e. The fourth-order valence-electron chi connectivity index (χ4n) is 1.72. The second-order valence-electron chi connectivity index (χ2n) is 4.14. The van der Waals surface area contributed by atoms with Gasteiger partial charge in [0, 0.05) is 17.7 Å². The molecule has 1 aromatic carbocycles. The highest BCUT2D eigenvalue weighted by atomic mass is 16.5. The summed E-state index contributed by atoms with van der Waals surface area (Å²) in [5, 5.41) is 16.7. The van der Waals surface area contributed by atoms with E-state index in [0.29, 0.717) is 12.3 Å². The van der Waals surface area contributed by atoms with E-state index in [2.05, 4.69) is 10.5 Å². The van der Waals surface area contributed by atoms with Crippen LogP contribution in [0.2, 0.25) is 0 Å². The SMILES string of the molecule is Cc1ccc(C(C)NCc2ccno2)c(O)c1. The van der Waals surface area contributed by atoms with Gasteiger partial charge >= 0.3 is 0 Å². The first-order valence-corrected chi connectivity index (χ1v) is 5.59. The van der Waals surface area contributed by atoms with Crippen LogP contribution < -0.4 is 5.32 Å². The lowest BCUT2D eigenvalue weighted by Crippen LogP contribution is -2.17. The van der Waals surface area contributed by atoms with Crippen LogP contribution in [0.4, 0.5) is 0 Å². The van der Waals surface area contributed by atoms with E-state index >= 15 is 0 Å². The third-order valence-electron chi connectivity index (χ3n) is 2.73. The third kappa shape index (κ3) is 2.85. The van der Waals surface area contributed by atoms with Crippen LogP contribution in [0.3, 0.4) is 0 Å². The van der Waals surface area contributed by atoms with Crippen LogP contribution in [0.1, 0.15) is 29.9 Å². The van der Waals surface area contributed by atoms with Gasteiger partial charge in [-0.2, -0.15) is 0 Å². The number of phenols is 1. The Bertz CT molecular complexity index is 480. The van der Waals surface area contributed by atoms with Crippen molar-refractivity contribution in [2.75, 3.05) is 0 Å². The maximum Gasteiger partial charge on any atom is 0.150 e. The molecule has 1 heterocycles. The number of aryl methyl sites for hydroxylation is 1. The smallest absolute Gasteiger partial charge is 0.150 e. The molecule has 2 aromatic rings. The summed E-state index contributed by atoms with van der Waals surface area (Å²) in [6.45, 7) is 4.55. The molecule has 0 amide bonds. The van der Waals surface area contributed by atoms with E-state index in [4.69, 9.17) is 4.52 Å². The van der Waals surface area contributed by atoms with Gasteiger partial charge < -0.3 is 14.9 Å². The van der Waals surface area contributed by atoms with E-state index < -0.39 is 0 Å². The molecule has 0 spiro atoms. The highest BCUT2D eigenvalue weighted by molar-refractivity contribution is 5.37. The average molecular weight is 232 g/mol. The van der Waals surface area contributed by atoms with Crippen molar-refractivity contribution < 1.29 is 9.63 Å². The number of nitrogens with one attached hydrogen (secondary N) is 1. The van der Waals surface area contributed by atoms with Crippen molar-refractivity contribution in [3.8, 4) is 5.75 Å². The normalized spacial score (nSPS) is 12.6. The molecule has 0 bridgehead atoms. The number of aromatic hydroxyl groups is 1. The number of rotatable bonds is 4. The summed E-state index contributed by atoms with van der Waals surface area (Å²) in [7, 11) is 0. The van der Waals surface area contributed by atoms with Gasteiger partial charge in [-0.3, -0.25) is 0 Å². The second-order valence-corrected chi connectivity index (χ2v) is 4.14. The highest BCUT2D eigenvalue weighted by Gasteiger charge is 2.10. The number of phenolic OH excluding ortho intramolecular Hbond substituents is 1. The van der Waals surface area contributed by atoms with Crippen molar-refractivity contribution in [3.63, 3.8) is 0 Å². The van der Waals surface area contributed by atoms with E-state index in [1.807, 2.05) is 32.0 Å². The number of hydrogen-bond donors (Lipinski definition) is 2. The van der Waals surface area contributed by atoms with Crippen LogP contribution in [-0.4, -0.2) is 10.3 Å². The second kappa shape index (κ2) is 5.01. The van der Waals surface area contributed by atoms with E-state index in [9.17, 15) is 5.11 Å². The maximum absolute atomic E-state index is 9.84. The van der Waals surface area contributed by atoms with E-state index in [-0.39, 0.29) is 6.04 Å². The fourth-order valence-corrected chi connectivity index (χ4v) is 1.72. The monoisotopic (exact) mass is 232 g/mol. The number of aromatic nitrogens is 1. The first-order valence-electron chi connectivity index (χ1n) is 5.59. The molecule has 1 unspecified atom stereocenters. The molecule has 0 aliphatic heterocycles. The van der Waals surface area contributed by atoms with Crippen LogP contribution in [0.25, 0.3) is 0 Å². The summed E-state index contributed by atoms with van der Waals surface area (Å²) < 4.78 is 4.99. The molecule has 90 valence electrons. The van der Waals surface area contributed by atoms with Gasteiger partial charge in [0.25, 0.3) is 0 Å². The largest absolute Gasteiger partial charge is 0.508 e. The fraction of sp³-hybridized carbons (Fsp3) is 0.308. The Hall–Kier alpha value is -1.81. The molecule has 2 N–H and O–H groups in total. The lowest BCUT2D eigenvalue weighted by molar-refractivity contribution is 0.364. The Morgan fingerprint density at radius 1 is 1.41 bits per heavy atom. The Morgan fingerprint density at radius 2 is 2.24 bits per heavy atom. The van der Waals surface area contributed by atoms with Crippen molar-refractivity contribution in [2.45, 2.75) is 26.4 Å². The molecule has 0 aliphatic carbocycles. The summed E-state index contributed by atoms with van der Waals surface area (Å²) in [6, 6.07) is 7.56. The summed E-state index contributed by atoms with van der Waals surface area (Å²) in [6.07, 6.45) is 1.62. The topological polar surface area (TPSA) is 58.3 Å². The zero-order valence-corrected chi connectivity index (χ0v) is 9.97. The molecule has 1 atom stereocenters. The van der Waals surface area contributed by atoms with Gasteiger partial charge in [0.15, 0.2) is 0 Å². The highest BCUT2D eigenvalue weighted by Crippen LogP contribution is 2.25. The van der Waals surface area contributed by atoms with Gasteiger partial charge in [-0.1, -0.05) is 17.3 Å². The Balaban J connectivity index is 2.01. The molecule has 0 aliphatic rings. The standard InChI is InChI=1S/C13H16N2O2/c1-9-3-4-12(13(16)7-9)10(2)14-8-11-5-6-15-17-11/h3-7,10,14,16H,8H2,1-2H3. The van der Waals surface area contributed by atoms with Crippen LogP contribution in [0.5, 0.6) is 5.75 Å². The molecule has 0 saturated heterocycles. The minimum atomic E-state index is 0.0562. The summed E-state index contributed by atoms with van der Waals surface area (Å²) in [5.41, 5.74) is 1.93. The molecule has 0 radical (unpaired) electrons. The van der Waals surface area contributed by atoms with E-state index in [1.54, 1.807) is 12.3 Å². The molecular weight excluding hydrogens is 216 g/mol. The number of hydrogen-bond acceptors (Lipinski definition) is 4. The van der Waals surface area contributed by atoms with Crippen LogP contribution in [0, 0.1) is 6.92 Å². The first kappa shape index (κ1) is 11.7. The maximum atomic E-state index is 9.84. The molecule has 4 heteroatoms. The van der Waals surface area contributed by atoms with Crippen molar-refractivity contribution in [3.05, 3.63) is 47.3 Å². The van der Waals surface area contributed by atoms with E-state index in [0.717, 1.165) is 16.9 Å². The molecular formula is C13H16N2O2. The lowest BCUT2D eigenvalue weighted by atomic mass is 10.1. The predicted octanol–water partition coefficient (Wildman–Crippen LogP) is 2.54. The van der Waals surface area contributed by atoms with Gasteiger partial charge in [-0.15, -0.1) is 0 Å². The van der Waals surface area contributed by atoms with Crippen LogP contribution in [-0.2, 0) is 6.54 Å². The van der Waals surface area contributed by atoms with Crippen LogP contribution >= 0.6 is 0 Å². The number of nitrogens with zero attached hydrogens (tertiary/aromatic N) is 1. The zero-order chi connectivity index (χ0) is 12.3. The van der Waals surface area contributed by atoms with Gasteiger partial charge in [0.05, 0.1) is 12.7 Å². The Morgan fingerprint density at radius 3 is 2.88 bits per heavy atom. The van der Waals surface area contributed by atoms with Gasteiger partial charge in [0.1, 0.15) is 11.5 Å². The van der Waals surface area contributed by atoms with E-state index in [1.165, 1.54) is 0 Å². The van der Waals surface area contributed by atoms with Gasteiger partial charge in [0.2, 0.25) is 0 Å². The Labute approximate surface area is 100 Å². The van der Waals surface area contributed by atoms with Crippen LogP contribution in [0.15, 0.2) is 35.0 Å². The first-order chi connectivity index (χ1) is 8.16. The van der Waals surface area contributed by atoms with Gasteiger partial charge in [-0.05, 0) is 25.5 Å². The molecule has 2 rings (SSSR count). The van der Waals surface area contributed by atoms with Crippen molar-refractivity contribution in [1.82, 2.24) is 10.5 Å². The number of benzene rings is 1. The summed E-state index contributed by atoms with van der Waals surface area (Å²) >= 11 is 0. The van der Waals surface area contributed by atoms with Gasteiger partial charge in [-0.25, -0.2) is 0 Å². The lowest BCUT2D eigenvalue weighted by Gasteiger charge is -2.15. The Kier molecular flexibility index (Phi) is 3.44. The minimum absolute atomic E-state index is 0.0562. The quantitative estimate of drug-likeness (QED) is 0.850. The molecule has 0 saturated carbocycles.